The van der Waals surface area contributed by atoms with Crippen LogP contribution in [0.3, 0.4) is 0 Å². The zero-order valence-corrected chi connectivity index (χ0v) is 12.3. The maximum absolute atomic E-state index is 11.0. The fraction of sp³-hybridized carbons (Fsp3) is 0.417. The van der Waals surface area contributed by atoms with Crippen molar-refractivity contribution in [1.29, 1.82) is 5.26 Å². The Morgan fingerprint density at radius 2 is 2.29 bits per heavy atom. The highest BCUT2D eigenvalue weighted by Gasteiger charge is 2.07. The van der Waals surface area contributed by atoms with Crippen molar-refractivity contribution in [1.82, 2.24) is 0 Å². The Kier molecular flexibility index (Phi) is 5.66. The summed E-state index contributed by atoms with van der Waals surface area (Å²) < 4.78 is 11.9. The highest BCUT2D eigenvalue weighted by molar-refractivity contribution is 9.10. The fourth-order valence-corrected chi connectivity index (χ4v) is 2.46. The molecule has 3 nitrogen and oxygen atoms in total. The maximum Gasteiger partial charge on any atom is 0.101 e. The van der Waals surface area contributed by atoms with Crippen molar-refractivity contribution in [3.05, 3.63) is 28.2 Å². The molecule has 0 aliphatic heterocycles. The van der Waals surface area contributed by atoms with Gasteiger partial charge in [0.15, 0.2) is 0 Å². The van der Waals surface area contributed by atoms with E-state index in [9.17, 15) is 4.21 Å². The van der Waals surface area contributed by atoms with Crippen LogP contribution in [0.1, 0.15) is 18.9 Å². The molecule has 2 unspecified atom stereocenters. The molecule has 1 aromatic rings. The third kappa shape index (κ3) is 4.88. The highest BCUT2D eigenvalue weighted by Crippen LogP contribution is 2.21. The van der Waals surface area contributed by atoms with Gasteiger partial charge in [0.05, 0.1) is 11.3 Å². The second-order valence-corrected chi connectivity index (χ2v) is 6.38. The van der Waals surface area contributed by atoms with Gasteiger partial charge in [0.25, 0.3) is 0 Å². The molecule has 0 bridgehead atoms. The lowest BCUT2D eigenvalue weighted by atomic mass is 10.1. The molecular formula is C12H15BrN2OS. The molecule has 0 amide bonds. The minimum Gasteiger partial charge on any atom is -0.381 e. The summed E-state index contributed by atoms with van der Waals surface area (Å²) in [7, 11) is -0.770. The number of anilines is 1. The van der Waals surface area contributed by atoms with Crippen LogP contribution >= 0.6 is 15.9 Å². The Hall–Kier alpha value is -0.860. The Balaban J connectivity index is 2.70. The fourth-order valence-electron chi connectivity index (χ4n) is 1.41. The van der Waals surface area contributed by atoms with Crippen molar-refractivity contribution in [3.63, 3.8) is 0 Å². The molecule has 2 atom stereocenters. The highest BCUT2D eigenvalue weighted by atomic mass is 79.9. The van der Waals surface area contributed by atoms with Crippen LogP contribution in [0, 0.1) is 11.3 Å². The van der Waals surface area contributed by atoms with Crippen molar-refractivity contribution in [2.75, 3.05) is 17.3 Å². The Bertz CT molecular complexity index is 456. The molecule has 0 aliphatic carbocycles. The average Bonchev–Trinajstić information content (AvgIpc) is 2.27. The minimum atomic E-state index is -0.770. The van der Waals surface area contributed by atoms with Gasteiger partial charge in [0, 0.05) is 33.3 Å². The lowest BCUT2D eigenvalue weighted by Gasteiger charge is -2.15. The van der Waals surface area contributed by atoms with Crippen molar-refractivity contribution in [2.24, 2.45) is 0 Å². The van der Waals surface area contributed by atoms with Crippen LogP contribution in [-0.2, 0) is 10.8 Å². The van der Waals surface area contributed by atoms with Gasteiger partial charge < -0.3 is 5.32 Å². The molecule has 1 aromatic carbocycles. The summed E-state index contributed by atoms with van der Waals surface area (Å²) in [5, 5.41) is 12.3. The Morgan fingerprint density at radius 3 is 2.88 bits per heavy atom. The third-order valence-corrected chi connectivity index (χ3v) is 3.65. The van der Waals surface area contributed by atoms with Crippen LogP contribution in [0.15, 0.2) is 22.7 Å². The summed E-state index contributed by atoms with van der Waals surface area (Å²) in [4.78, 5) is 0. The predicted molar refractivity (Wildman–Crippen MR) is 75.5 cm³/mol. The smallest absolute Gasteiger partial charge is 0.101 e. The molecule has 1 N–H and O–H groups in total. The van der Waals surface area contributed by atoms with Crippen molar-refractivity contribution in [3.8, 4) is 6.07 Å². The second-order valence-electron chi connectivity index (χ2n) is 3.91. The molecule has 0 saturated carbocycles. The predicted octanol–water partition coefficient (Wildman–Crippen LogP) is 2.89. The van der Waals surface area contributed by atoms with Gasteiger partial charge in [0.2, 0.25) is 0 Å². The molecule has 17 heavy (non-hydrogen) atoms. The normalized spacial score (nSPS) is 13.8. The average molecular weight is 315 g/mol. The van der Waals surface area contributed by atoms with Gasteiger partial charge in [-0.15, -0.1) is 0 Å². The molecule has 0 aliphatic rings. The van der Waals surface area contributed by atoms with E-state index in [-0.39, 0.29) is 6.04 Å². The van der Waals surface area contributed by atoms with Crippen LogP contribution in [0.5, 0.6) is 0 Å². The molecule has 0 aromatic heterocycles. The summed E-state index contributed by atoms with van der Waals surface area (Å²) in [6.45, 7) is 2.02. The van der Waals surface area contributed by atoms with E-state index in [0.29, 0.717) is 11.3 Å². The number of nitrogens with zero attached hydrogens (tertiary/aromatic N) is 1. The molecule has 92 valence electrons. The van der Waals surface area contributed by atoms with Crippen LogP contribution in [0.4, 0.5) is 5.69 Å². The summed E-state index contributed by atoms with van der Waals surface area (Å²) >= 11 is 3.38. The van der Waals surface area contributed by atoms with Crippen molar-refractivity contribution < 1.29 is 4.21 Å². The van der Waals surface area contributed by atoms with Gasteiger partial charge in [-0.2, -0.15) is 5.26 Å². The van der Waals surface area contributed by atoms with E-state index < -0.39 is 10.8 Å². The number of benzene rings is 1. The number of hydrogen-bond acceptors (Lipinski definition) is 3. The van der Waals surface area contributed by atoms with Crippen molar-refractivity contribution >= 4 is 32.4 Å². The molecule has 5 heteroatoms. The van der Waals surface area contributed by atoms with E-state index in [1.807, 2.05) is 19.1 Å². The van der Waals surface area contributed by atoms with E-state index in [0.717, 1.165) is 16.6 Å². The molecule has 1 rings (SSSR count). The number of halogens is 1. The lowest BCUT2D eigenvalue weighted by Crippen LogP contribution is -2.18. The largest absolute Gasteiger partial charge is 0.381 e. The van der Waals surface area contributed by atoms with Crippen LogP contribution in [0.2, 0.25) is 0 Å². The summed E-state index contributed by atoms with van der Waals surface area (Å²) in [5.74, 6) is 0.671. The number of nitriles is 1. The first-order valence-corrected chi connectivity index (χ1v) is 7.81. The quantitative estimate of drug-likeness (QED) is 0.909. The van der Waals surface area contributed by atoms with Gasteiger partial charge >= 0.3 is 0 Å². The number of nitrogens with one attached hydrogen (secondary N) is 1. The molecular weight excluding hydrogens is 300 g/mol. The van der Waals surface area contributed by atoms with Gasteiger partial charge in [-0.25, -0.2) is 0 Å². The Morgan fingerprint density at radius 1 is 1.59 bits per heavy atom. The van der Waals surface area contributed by atoms with Crippen LogP contribution < -0.4 is 5.32 Å². The van der Waals surface area contributed by atoms with E-state index >= 15 is 0 Å². The van der Waals surface area contributed by atoms with E-state index in [1.165, 1.54) is 0 Å². The van der Waals surface area contributed by atoms with Crippen LogP contribution in [-0.4, -0.2) is 22.3 Å². The maximum atomic E-state index is 11.0. The second kappa shape index (κ2) is 6.77. The summed E-state index contributed by atoms with van der Waals surface area (Å²) in [6.07, 6.45) is 2.52. The standard InChI is InChI=1S/C12H15BrN2OS/c1-9(5-6-17(2)16)15-12-7-11(13)4-3-10(12)8-14/h3-4,7,9,15H,5-6H2,1-2H3. The zero-order valence-electron chi connectivity index (χ0n) is 9.87. The van der Waals surface area contributed by atoms with E-state index in [2.05, 4.69) is 27.3 Å². The van der Waals surface area contributed by atoms with Gasteiger partial charge in [-0.1, -0.05) is 15.9 Å². The van der Waals surface area contributed by atoms with Gasteiger partial charge in [-0.05, 0) is 31.5 Å². The first-order chi connectivity index (χ1) is 8.02. The van der Waals surface area contributed by atoms with E-state index in [4.69, 9.17) is 5.26 Å². The lowest BCUT2D eigenvalue weighted by molar-refractivity contribution is 0.678. The topological polar surface area (TPSA) is 52.9 Å². The molecule has 0 saturated heterocycles. The number of hydrogen-bond donors (Lipinski definition) is 1. The summed E-state index contributed by atoms with van der Waals surface area (Å²) in [6, 6.07) is 7.85. The third-order valence-electron chi connectivity index (χ3n) is 2.34. The monoisotopic (exact) mass is 314 g/mol. The molecule has 0 radical (unpaired) electrons. The van der Waals surface area contributed by atoms with Crippen LogP contribution in [0.25, 0.3) is 0 Å². The first kappa shape index (κ1) is 14.2. The number of rotatable bonds is 5. The SMILES string of the molecule is CC(CCS(C)=O)Nc1cc(Br)ccc1C#N. The molecule has 0 spiro atoms. The summed E-state index contributed by atoms with van der Waals surface area (Å²) in [5.41, 5.74) is 1.44. The van der Waals surface area contributed by atoms with Gasteiger partial charge in [-0.3, -0.25) is 4.21 Å². The minimum absolute atomic E-state index is 0.195. The van der Waals surface area contributed by atoms with Crippen molar-refractivity contribution in [2.45, 2.75) is 19.4 Å². The molecule has 0 heterocycles. The zero-order chi connectivity index (χ0) is 12.8. The van der Waals surface area contributed by atoms with Gasteiger partial charge in [0.1, 0.15) is 6.07 Å². The first-order valence-electron chi connectivity index (χ1n) is 5.29. The van der Waals surface area contributed by atoms with E-state index in [1.54, 1.807) is 12.3 Å². The molecule has 0 fully saturated rings. The Labute approximate surface area is 113 Å².